The Balaban J connectivity index is 2.53. The van der Waals surface area contributed by atoms with E-state index < -0.39 is 0 Å². The fourth-order valence-corrected chi connectivity index (χ4v) is 3.43. The van der Waals surface area contributed by atoms with Gasteiger partial charge in [0, 0.05) is 17.5 Å². The lowest BCUT2D eigenvalue weighted by Crippen LogP contribution is -2.37. The first-order valence-corrected chi connectivity index (χ1v) is 6.99. The summed E-state index contributed by atoms with van der Waals surface area (Å²) in [5.41, 5.74) is 10.2. The van der Waals surface area contributed by atoms with Crippen LogP contribution in [-0.2, 0) is 5.41 Å². The fraction of sp³-hybridized carbons (Fsp3) is 0.625. The summed E-state index contributed by atoms with van der Waals surface area (Å²) in [6.07, 6.45) is 6.31. The van der Waals surface area contributed by atoms with Gasteiger partial charge in [-0.1, -0.05) is 37.0 Å². The highest BCUT2D eigenvalue weighted by Crippen LogP contribution is 2.44. The average molecular weight is 247 g/mol. The van der Waals surface area contributed by atoms with Gasteiger partial charge in [-0.2, -0.15) is 0 Å². The van der Waals surface area contributed by atoms with Crippen LogP contribution in [-0.4, -0.2) is 13.7 Å². The minimum absolute atomic E-state index is 0.139. The van der Waals surface area contributed by atoms with Gasteiger partial charge in [0.25, 0.3) is 0 Å². The van der Waals surface area contributed by atoms with E-state index in [1.165, 1.54) is 48.8 Å². The maximum absolute atomic E-state index is 6.14. The second-order valence-corrected chi connectivity index (χ2v) is 5.71. The molecule has 1 fully saturated rings. The summed E-state index contributed by atoms with van der Waals surface area (Å²) < 4.78 is 5.66. The molecule has 1 aliphatic carbocycles. The summed E-state index contributed by atoms with van der Waals surface area (Å²) in [5.74, 6) is 1.05. The van der Waals surface area contributed by atoms with Gasteiger partial charge in [-0.15, -0.1) is 0 Å². The molecule has 0 saturated heterocycles. The number of hydrogen-bond donors (Lipinski definition) is 1. The zero-order valence-corrected chi connectivity index (χ0v) is 11.9. The van der Waals surface area contributed by atoms with Crippen molar-refractivity contribution >= 4 is 0 Å². The third kappa shape index (κ3) is 2.26. The molecule has 0 radical (unpaired) electrons. The fourth-order valence-electron chi connectivity index (χ4n) is 3.43. The van der Waals surface area contributed by atoms with Crippen LogP contribution in [0.5, 0.6) is 5.75 Å². The van der Waals surface area contributed by atoms with E-state index in [1.807, 2.05) is 0 Å². The molecule has 0 heterocycles. The van der Waals surface area contributed by atoms with Crippen LogP contribution >= 0.6 is 0 Å². The first kappa shape index (κ1) is 13.4. The Kier molecular flexibility index (Phi) is 3.96. The van der Waals surface area contributed by atoms with Crippen LogP contribution < -0.4 is 10.5 Å². The standard InChI is InChI=1S/C16H25NO/c1-12-9-13(2)15(18-3)14(10-12)16(11-17)7-5-4-6-8-16/h9-10H,4-8,11,17H2,1-3H3. The average Bonchev–Trinajstić information content (AvgIpc) is 2.38. The van der Waals surface area contributed by atoms with Gasteiger partial charge in [-0.05, 0) is 32.3 Å². The van der Waals surface area contributed by atoms with Gasteiger partial charge in [-0.25, -0.2) is 0 Å². The van der Waals surface area contributed by atoms with Crippen molar-refractivity contribution in [2.75, 3.05) is 13.7 Å². The summed E-state index contributed by atoms with van der Waals surface area (Å²) in [4.78, 5) is 0. The van der Waals surface area contributed by atoms with Crippen LogP contribution in [0.3, 0.4) is 0 Å². The lowest BCUT2D eigenvalue weighted by atomic mass is 9.68. The van der Waals surface area contributed by atoms with Crippen molar-refractivity contribution in [3.05, 3.63) is 28.8 Å². The van der Waals surface area contributed by atoms with E-state index in [0.29, 0.717) is 0 Å². The van der Waals surface area contributed by atoms with Crippen molar-refractivity contribution in [2.45, 2.75) is 51.4 Å². The Labute approximate surface area is 111 Å². The molecule has 0 aliphatic heterocycles. The minimum atomic E-state index is 0.139. The van der Waals surface area contributed by atoms with Gasteiger partial charge in [0.2, 0.25) is 0 Å². The van der Waals surface area contributed by atoms with Crippen molar-refractivity contribution in [1.82, 2.24) is 0 Å². The molecule has 0 amide bonds. The maximum Gasteiger partial charge on any atom is 0.125 e. The molecule has 2 rings (SSSR count). The van der Waals surface area contributed by atoms with Gasteiger partial charge < -0.3 is 10.5 Å². The molecule has 0 unspecified atom stereocenters. The minimum Gasteiger partial charge on any atom is -0.496 e. The molecule has 1 aromatic rings. The second kappa shape index (κ2) is 5.31. The van der Waals surface area contributed by atoms with Crippen LogP contribution in [0.25, 0.3) is 0 Å². The first-order chi connectivity index (χ1) is 8.63. The Bertz CT molecular complexity index is 419. The first-order valence-electron chi connectivity index (χ1n) is 6.99. The van der Waals surface area contributed by atoms with Crippen molar-refractivity contribution in [1.29, 1.82) is 0 Å². The summed E-state index contributed by atoms with van der Waals surface area (Å²) >= 11 is 0. The normalized spacial score (nSPS) is 18.7. The summed E-state index contributed by atoms with van der Waals surface area (Å²) in [5, 5.41) is 0. The molecule has 18 heavy (non-hydrogen) atoms. The Morgan fingerprint density at radius 2 is 1.83 bits per heavy atom. The van der Waals surface area contributed by atoms with Crippen molar-refractivity contribution in [3.63, 3.8) is 0 Å². The lowest BCUT2D eigenvalue weighted by Gasteiger charge is -2.38. The number of nitrogens with two attached hydrogens (primary N) is 1. The van der Waals surface area contributed by atoms with Crippen LogP contribution in [0, 0.1) is 13.8 Å². The Morgan fingerprint density at radius 3 is 2.39 bits per heavy atom. The molecule has 2 nitrogen and oxygen atoms in total. The van der Waals surface area contributed by atoms with Gasteiger partial charge >= 0.3 is 0 Å². The third-order valence-electron chi connectivity index (χ3n) is 4.40. The van der Waals surface area contributed by atoms with Gasteiger partial charge in [0.1, 0.15) is 5.75 Å². The molecule has 1 aliphatic rings. The number of rotatable bonds is 3. The van der Waals surface area contributed by atoms with E-state index in [0.717, 1.165) is 12.3 Å². The van der Waals surface area contributed by atoms with Crippen molar-refractivity contribution in [2.24, 2.45) is 5.73 Å². The monoisotopic (exact) mass is 247 g/mol. The second-order valence-electron chi connectivity index (χ2n) is 5.71. The van der Waals surface area contributed by atoms with E-state index in [1.54, 1.807) is 7.11 Å². The molecule has 0 bridgehead atoms. The van der Waals surface area contributed by atoms with E-state index in [9.17, 15) is 0 Å². The van der Waals surface area contributed by atoms with Crippen LogP contribution in [0.15, 0.2) is 12.1 Å². The SMILES string of the molecule is COc1c(C)cc(C)cc1C1(CN)CCCCC1. The van der Waals surface area contributed by atoms with E-state index >= 15 is 0 Å². The predicted octanol–water partition coefficient (Wildman–Crippen LogP) is 3.47. The largest absolute Gasteiger partial charge is 0.496 e. The van der Waals surface area contributed by atoms with E-state index in [2.05, 4.69) is 26.0 Å². The lowest BCUT2D eigenvalue weighted by molar-refractivity contribution is 0.287. The van der Waals surface area contributed by atoms with Crippen LogP contribution in [0.1, 0.15) is 48.8 Å². The zero-order valence-electron chi connectivity index (χ0n) is 11.9. The van der Waals surface area contributed by atoms with Crippen molar-refractivity contribution < 1.29 is 4.74 Å². The zero-order chi connectivity index (χ0) is 13.2. The molecular formula is C16H25NO. The van der Waals surface area contributed by atoms with E-state index in [-0.39, 0.29) is 5.41 Å². The number of methoxy groups -OCH3 is 1. The maximum atomic E-state index is 6.14. The highest BCUT2D eigenvalue weighted by Gasteiger charge is 2.35. The summed E-state index contributed by atoms with van der Waals surface area (Å²) in [6.45, 7) is 5.01. The molecule has 1 aromatic carbocycles. The van der Waals surface area contributed by atoms with Gasteiger partial charge in [-0.3, -0.25) is 0 Å². The third-order valence-corrected chi connectivity index (χ3v) is 4.40. The molecule has 1 saturated carbocycles. The molecule has 2 N–H and O–H groups in total. The molecule has 2 heteroatoms. The van der Waals surface area contributed by atoms with Gasteiger partial charge in [0.05, 0.1) is 7.11 Å². The smallest absolute Gasteiger partial charge is 0.125 e. The molecule has 100 valence electrons. The Hall–Kier alpha value is -1.02. The summed E-state index contributed by atoms with van der Waals surface area (Å²) in [6, 6.07) is 4.47. The number of benzene rings is 1. The topological polar surface area (TPSA) is 35.2 Å². The van der Waals surface area contributed by atoms with Crippen LogP contribution in [0.2, 0.25) is 0 Å². The Morgan fingerprint density at radius 1 is 1.17 bits per heavy atom. The molecule has 0 spiro atoms. The van der Waals surface area contributed by atoms with E-state index in [4.69, 9.17) is 10.5 Å². The predicted molar refractivity (Wildman–Crippen MR) is 76.3 cm³/mol. The highest BCUT2D eigenvalue weighted by atomic mass is 16.5. The molecule has 0 aromatic heterocycles. The summed E-state index contributed by atoms with van der Waals surface area (Å²) in [7, 11) is 1.77. The number of hydrogen-bond acceptors (Lipinski definition) is 2. The van der Waals surface area contributed by atoms with Gasteiger partial charge in [0.15, 0.2) is 0 Å². The van der Waals surface area contributed by atoms with Crippen LogP contribution in [0.4, 0.5) is 0 Å². The highest BCUT2D eigenvalue weighted by molar-refractivity contribution is 5.48. The quantitative estimate of drug-likeness (QED) is 0.887. The number of aryl methyl sites for hydroxylation is 2. The van der Waals surface area contributed by atoms with Crippen molar-refractivity contribution in [3.8, 4) is 5.75 Å². The molecular weight excluding hydrogens is 222 g/mol. The number of ether oxygens (including phenoxy) is 1. The molecule has 0 atom stereocenters.